The molecule has 4 atom stereocenters. The highest BCUT2D eigenvalue weighted by molar-refractivity contribution is 7.99. The molecule has 2 aliphatic carbocycles. The molecule has 1 aromatic heterocycles. The lowest BCUT2D eigenvalue weighted by Crippen LogP contribution is -2.40. The van der Waals surface area contributed by atoms with Crippen molar-refractivity contribution in [2.75, 3.05) is 5.75 Å². The van der Waals surface area contributed by atoms with Crippen molar-refractivity contribution in [3.05, 3.63) is 47.6 Å². The minimum atomic E-state index is -0.277. The average Bonchev–Trinajstić information content (AvgIpc) is 3.19. The molecule has 0 unspecified atom stereocenters. The minimum Gasteiger partial charge on any atom is -0.457 e. The van der Waals surface area contributed by atoms with E-state index in [9.17, 15) is 9.59 Å². The summed E-state index contributed by atoms with van der Waals surface area (Å²) in [6.45, 7) is 4.03. The van der Waals surface area contributed by atoms with E-state index in [2.05, 4.69) is 17.6 Å². The van der Waals surface area contributed by atoms with Gasteiger partial charge in [-0.3, -0.25) is 9.59 Å². The van der Waals surface area contributed by atoms with Crippen LogP contribution in [0.5, 0.6) is 0 Å². The average molecular weight is 409 g/mol. The first-order valence-corrected chi connectivity index (χ1v) is 11.1. The number of fused-ring (bicyclic) bond motifs is 4. The largest absolute Gasteiger partial charge is 0.457 e. The number of allylic oxidation sites excluding steroid dienone is 3. The van der Waals surface area contributed by atoms with E-state index in [0.717, 1.165) is 40.2 Å². The summed E-state index contributed by atoms with van der Waals surface area (Å²) in [5, 5.41) is 0.911. The van der Waals surface area contributed by atoms with Crippen LogP contribution in [-0.2, 0) is 21.4 Å². The number of carbonyl (C=O) groups is 2. The highest BCUT2D eigenvalue weighted by Gasteiger charge is 2.54. The number of hydrogen-bond donors (Lipinski definition) is 0. The number of nitrogens with zero attached hydrogens (tertiary/aromatic N) is 2. The molecule has 5 nitrogen and oxygen atoms in total. The molecule has 0 spiro atoms. The monoisotopic (exact) mass is 408 g/mol. The number of ether oxygens (including phenoxy) is 1. The number of imidazole rings is 1. The quantitative estimate of drug-likeness (QED) is 0.566. The van der Waals surface area contributed by atoms with Gasteiger partial charge in [0.2, 0.25) is 0 Å². The fourth-order valence-corrected chi connectivity index (χ4v) is 6.34. The third kappa shape index (κ3) is 2.80. The zero-order chi connectivity index (χ0) is 20.3. The molecule has 5 rings (SSSR count). The Bertz CT molecular complexity index is 1100. The Morgan fingerprint density at radius 1 is 1.31 bits per heavy atom. The van der Waals surface area contributed by atoms with E-state index in [0.29, 0.717) is 5.75 Å². The minimum absolute atomic E-state index is 0.0340. The molecular formula is C23H24N2O3S. The molecule has 2 heterocycles. The van der Waals surface area contributed by atoms with E-state index < -0.39 is 0 Å². The fraction of sp³-hybridized carbons (Fsp3) is 0.435. The van der Waals surface area contributed by atoms with Crippen LogP contribution in [-0.4, -0.2) is 33.2 Å². The first kappa shape index (κ1) is 18.7. The summed E-state index contributed by atoms with van der Waals surface area (Å²) in [5.41, 5.74) is 3.64. The third-order valence-electron chi connectivity index (χ3n) is 6.86. The number of ketones is 1. The van der Waals surface area contributed by atoms with Gasteiger partial charge in [0.25, 0.3) is 0 Å². The van der Waals surface area contributed by atoms with E-state index >= 15 is 0 Å². The molecule has 1 saturated heterocycles. The second-order valence-corrected chi connectivity index (χ2v) is 9.56. The van der Waals surface area contributed by atoms with Crippen molar-refractivity contribution in [1.82, 2.24) is 9.55 Å². The van der Waals surface area contributed by atoms with Crippen molar-refractivity contribution in [3.8, 4) is 0 Å². The Balaban J connectivity index is 1.40. The predicted octanol–water partition coefficient (Wildman–Crippen LogP) is 4.08. The molecule has 2 fully saturated rings. The second-order valence-electron chi connectivity index (χ2n) is 8.57. The molecule has 1 saturated carbocycles. The SMILES string of the molecule is CC1=C2[C@H]3OC(=O)[C@@H](CSc4nc5ccccc5n4C)[C@@H]3CC[C@@]2(C)C=CC1=O. The maximum absolute atomic E-state index is 12.8. The molecule has 0 bridgehead atoms. The number of esters is 1. The Labute approximate surface area is 174 Å². The van der Waals surface area contributed by atoms with Gasteiger partial charge in [0.1, 0.15) is 6.10 Å². The maximum atomic E-state index is 12.8. The van der Waals surface area contributed by atoms with Gasteiger partial charge in [-0.15, -0.1) is 0 Å². The Morgan fingerprint density at radius 3 is 2.90 bits per heavy atom. The van der Waals surface area contributed by atoms with Crippen LogP contribution >= 0.6 is 11.8 Å². The van der Waals surface area contributed by atoms with Crippen molar-refractivity contribution in [2.45, 2.75) is 37.9 Å². The normalized spacial score (nSPS) is 31.2. The van der Waals surface area contributed by atoms with Crippen molar-refractivity contribution in [2.24, 2.45) is 24.3 Å². The first-order valence-electron chi connectivity index (χ1n) is 10.1. The van der Waals surface area contributed by atoms with Gasteiger partial charge in [-0.25, -0.2) is 4.98 Å². The third-order valence-corrected chi connectivity index (χ3v) is 8.01. The smallest absolute Gasteiger partial charge is 0.310 e. The van der Waals surface area contributed by atoms with Crippen LogP contribution in [0.25, 0.3) is 11.0 Å². The van der Waals surface area contributed by atoms with E-state index in [1.807, 2.05) is 38.2 Å². The number of rotatable bonds is 3. The Kier molecular flexibility index (Phi) is 4.24. The second kappa shape index (κ2) is 6.59. The molecular weight excluding hydrogens is 384 g/mol. The van der Waals surface area contributed by atoms with Crippen LogP contribution < -0.4 is 0 Å². The number of carbonyl (C=O) groups excluding carboxylic acids is 2. The highest BCUT2D eigenvalue weighted by Crippen LogP contribution is 2.53. The lowest BCUT2D eigenvalue weighted by atomic mass is 9.62. The Morgan fingerprint density at radius 2 is 2.10 bits per heavy atom. The number of para-hydroxylation sites is 2. The standard InChI is InChI=1S/C23H24N2O3S/c1-13-18(26)9-11-23(2)10-8-14-15(21(27)28-20(14)19(13)23)12-29-22-24-16-6-4-5-7-17(16)25(22)3/h4-7,9,11,14-15,20H,8,10,12H2,1-3H3/t14-,15-,20-,23-/m0/s1. The van der Waals surface area contributed by atoms with E-state index in [1.165, 1.54) is 0 Å². The molecule has 0 N–H and O–H groups in total. The number of thioether (sulfide) groups is 1. The van der Waals surface area contributed by atoms with Crippen molar-refractivity contribution >= 4 is 34.5 Å². The molecule has 0 amide bonds. The zero-order valence-corrected chi connectivity index (χ0v) is 17.7. The van der Waals surface area contributed by atoms with Gasteiger partial charge in [0.15, 0.2) is 10.9 Å². The van der Waals surface area contributed by atoms with E-state index in [1.54, 1.807) is 17.8 Å². The molecule has 3 aliphatic rings. The molecule has 2 aromatic rings. The number of benzene rings is 1. The van der Waals surface area contributed by atoms with E-state index in [-0.39, 0.29) is 35.1 Å². The summed E-state index contributed by atoms with van der Waals surface area (Å²) >= 11 is 1.61. The number of hydrogen-bond acceptors (Lipinski definition) is 5. The van der Waals surface area contributed by atoms with Crippen molar-refractivity contribution in [1.29, 1.82) is 0 Å². The maximum Gasteiger partial charge on any atom is 0.310 e. The number of aryl methyl sites for hydroxylation is 1. The summed E-state index contributed by atoms with van der Waals surface area (Å²) in [6.07, 6.45) is 5.27. The van der Waals surface area contributed by atoms with Crippen LogP contribution in [0, 0.1) is 17.3 Å². The molecule has 1 aromatic carbocycles. The van der Waals surface area contributed by atoms with Crippen molar-refractivity contribution in [3.63, 3.8) is 0 Å². The molecule has 150 valence electrons. The van der Waals surface area contributed by atoms with Crippen LogP contribution in [0.15, 0.2) is 52.7 Å². The number of aromatic nitrogens is 2. The molecule has 1 aliphatic heterocycles. The predicted molar refractivity (Wildman–Crippen MR) is 112 cm³/mol. The summed E-state index contributed by atoms with van der Waals surface area (Å²) in [4.78, 5) is 29.8. The first-order chi connectivity index (χ1) is 13.9. The van der Waals surface area contributed by atoms with Gasteiger partial charge in [-0.2, -0.15) is 0 Å². The fourth-order valence-electron chi connectivity index (χ4n) is 5.18. The molecule has 6 heteroatoms. The van der Waals surface area contributed by atoms with Gasteiger partial charge in [-0.05, 0) is 43.5 Å². The molecule has 0 radical (unpaired) electrons. The van der Waals surface area contributed by atoms with Crippen molar-refractivity contribution < 1.29 is 14.3 Å². The summed E-state index contributed by atoms with van der Waals surface area (Å²) < 4.78 is 7.96. The summed E-state index contributed by atoms with van der Waals surface area (Å²) in [7, 11) is 2.01. The van der Waals surface area contributed by atoms with Gasteiger partial charge in [0.05, 0.1) is 17.0 Å². The lowest BCUT2D eigenvalue weighted by molar-refractivity contribution is -0.143. The highest BCUT2D eigenvalue weighted by atomic mass is 32.2. The van der Waals surface area contributed by atoms with Crippen LogP contribution in [0.4, 0.5) is 0 Å². The van der Waals surface area contributed by atoms with Crippen LogP contribution in [0.1, 0.15) is 26.7 Å². The van der Waals surface area contributed by atoms with Gasteiger partial charge in [0, 0.05) is 29.7 Å². The summed E-state index contributed by atoms with van der Waals surface area (Å²) in [6, 6.07) is 8.05. The van der Waals surface area contributed by atoms with Gasteiger partial charge in [-0.1, -0.05) is 36.9 Å². The van der Waals surface area contributed by atoms with Crippen LogP contribution in [0.3, 0.4) is 0 Å². The van der Waals surface area contributed by atoms with Crippen LogP contribution in [0.2, 0.25) is 0 Å². The van der Waals surface area contributed by atoms with Gasteiger partial charge >= 0.3 is 5.97 Å². The molecule has 29 heavy (non-hydrogen) atoms. The summed E-state index contributed by atoms with van der Waals surface area (Å²) in [5.74, 6) is 0.492. The lowest BCUT2D eigenvalue weighted by Gasteiger charge is -2.43. The van der Waals surface area contributed by atoms with E-state index in [4.69, 9.17) is 9.72 Å². The topological polar surface area (TPSA) is 61.2 Å². The van der Waals surface area contributed by atoms with Gasteiger partial charge < -0.3 is 9.30 Å². The zero-order valence-electron chi connectivity index (χ0n) is 16.8. The Hall–Kier alpha value is -2.34.